The van der Waals surface area contributed by atoms with Crippen molar-refractivity contribution < 1.29 is 37.6 Å². The van der Waals surface area contributed by atoms with Crippen LogP contribution in [0.25, 0.3) is 0 Å². The predicted octanol–water partition coefficient (Wildman–Crippen LogP) is 26.2. The normalized spacial score (nSPS) is 14.1. The minimum absolute atomic E-state index is 0.0437. The van der Waals surface area contributed by atoms with Gasteiger partial charge in [0, 0.05) is 19.4 Å². The first-order valence-electron chi connectivity index (χ1n) is 38.6. The zero-order chi connectivity index (χ0) is 70.0. The lowest BCUT2D eigenvalue weighted by molar-refractivity contribution is -0.161. The molecule has 0 aliphatic carbocycles. The SMILES string of the molecule is CC/C=C\C/C=C\C/C=C\C/C=C\C/C=C\C/C=C\C/C=C\C/C=C\C/C=C\C/C=C\CCCCCCCCCCCCC(=O)OC(COC(=O)CCCCCCCCCCCCCCC/C=C\C/C=C\C/C=C\C/C=C\C/C=C\C/C=C\C/C=C\CC)COP(=O)(O)OCCN. The molecular weight excluding hydrogens is 1220 g/mol. The number of hydrogen-bond acceptors (Lipinski definition) is 8. The molecule has 0 heterocycles. The van der Waals surface area contributed by atoms with Gasteiger partial charge in [0.1, 0.15) is 6.61 Å². The van der Waals surface area contributed by atoms with Gasteiger partial charge < -0.3 is 20.1 Å². The highest BCUT2D eigenvalue weighted by atomic mass is 31.2. The quantitative estimate of drug-likeness (QED) is 0.0264. The number of ether oxygens (including phenoxy) is 2. The van der Waals surface area contributed by atoms with Crippen molar-refractivity contribution in [1.29, 1.82) is 0 Å². The molecule has 0 saturated carbocycles. The molecule has 2 unspecified atom stereocenters. The molecule has 9 nitrogen and oxygen atoms in total. The molecule has 10 heteroatoms. The van der Waals surface area contributed by atoms with E-state index in [1.807, 2.05) is 0 Å². The number of carbonyl (C=O) groups excluding carboxylic acids is 2. The molecule has 0 aromatic carbocycles. The fourth-order valence-corrected chi connectivity index (χ4v) is 10.8. The highest BCUT2D eigenvalue weighted by Crippen LogP contribution is 2.43. The van der Waals surface area contributed by atoms with Crippen molar-refractivity contribution in [3.8, 4) is 0 Å². The molecule has 0 aromatic heterocycles. The van der Waals surface area contributed by atoms with E-state index in [4.69, 9.17) is 24.3 Å². The average Bonchev–Trinajstić information content (AvgIpc) is 2.57. The lowest BCUT2D eigenvalue weighted by atomic mass is 10.0. The van der Waals surface area contributed by atoms with Gasteiger partial charge in [-0.3, -0.25) is 18.6 Å². The molecule has 3 N–H and O–H groups in total. The third-order valence-corrected chi connectivity index (χ3v) is 16.6. The van der Waals surface area contributed by atoms with Gasteiger partial charge in [-0.05, 0) is 148 Å². The summed E-state index contributed by atoms with van der Waals surface area (Å²) in [6, 6.07) is 0. The molecular formula is C87H140NO8P. The molecule has 0 saturated heterocycles. The van der Waals surface area contributed by atoms with Gasteiger partial charge in [0.2, 0.25) is 0 Å². The van der Waals surface area contributed by atoms with Crippen molar-refractivity contribution in [2.45, 2.75) is 302 Å². The summed E-state index contributed by atoms with van der Waals surface area (Å²) in [6.07, 6.45) is 122. The molecule has 0 radical (unpaired) electrons. The summed E-state index contributed by atoms with van der Waals surface area (Å²) in [5.41, 5.74) is 5.41. The van der Waals surface area contributed by atoms with Gasteiger partial charge in [-0.2, -0.15) is 0 Å². The van der Waals surface area contributed by atoms with Crippen LogP contribution in [0, 0.1) is 0 Å². The summed E-state index contributed by atoms with van der Waals surface area (Å²) < 4.78 is 33.2. The molecule has 0 fully saturated rings. The Bertz CT molecular complexity index is 2350. The maximum absolute atomic E-state index is 12.8. The minimum atomic E-state index is -4.41. The Morgan fingerprint density at radius 1 is 0.309 bits per heavy atom. The number of phosphoric ester groups is 1. The van der Waals surface area contributed by atoms with Crippen LogP contribution in [0.2, 0.25) is 0 Å². The Morgan fingerprint density at radius 2 is 0.536 bits per heavy atom. The second-order valence-electron chi connectivity index (χ2n) is 24.8. The summed E-state index contributed by atoms with van der Waals surface area (Å²) in [5.74, 6) is -0.841. The van der Waals surface area contributed by atoms with Gasteiger partial charge in [-0.15, -0.1) is 0 Å². The maximum atomic E-state index is 12.8. The summed E-state index contributed by atoms with van der Waals surface area (Å²) in [7, 11) is -4.41. The summed E-state index contributed by atoms with van der Waals surface area (Å²) in [6.45, 7) is 3.51. The third-order valence-electron chi connectivity index (χ3n) is 15.7. The van der Waals surface area contributed by atoms with E-state index < -0.39 is 26.5 Å². The first-order chi connectivity index (χ1) is 47.8. The number of hydrogen-bond donors (Lipinski definition) is 2. The summed E-state index contributed by atoms with van der Waals surface area (Å²) >= 11 is 0. The van der Waals surface area contributed by atoms with Crippen molar-refractivity contribution in [3.63, 3.8) is 0 Å². The highest BCUT2D eigenvalue weighted by molar-refractivity contribution is 7.47. The molecule has 0 amide bonds. The fraction of sp³-hybridized carbons (Fsp3) is 0.586. The van der Waals surface area contributed by atoms with Crippen molar-refractivity contribution in [3.05, 3.63) is 207 Å². The molecule has 97 heavy (non-hydrogen) atoms. The van der Waals surface area contributed by atoms with Crippen molar-refractivity contribution in [2.75, 3.05) is 26.4 Å². The topological polar surface area (TPSA) is 134 Å². The van der Waals surface area contributed by atoms with Crippen LogP contribution in [0.3, 0.4) is 0 Å². The second kappa shape index (κ2) is 79.6. The Kier molecular flexibility index (Phi) is 75.1. The van der Waals surface area contributed by atoms with Crippen molar-refractivity contribution >= 4 is 19.8 Å². The van der Waals surface area contributed by atoms with Gasteiger partial charge in [0.05, 0.1) is 13.2 Å². The second-order valence-corrected chi connectivity index (χ2v) is 26.2. The van der Waals surface area contributed by atoms with E-state index in [0.29, 0.717) is 6.42 Å². The molecule has 0 spiro atoms. The maximum Gasteiger partial charge on any atom is 0.472 e. The first kappa shape index (κ1) is 91.6. The predicted molar refractivity (Wildman–Crippen MR) is 421 cm³/mol. The molecule has 0 rings (SSSR count). The van der Waals surface area contributed by atoms with E-state index in [-0.39, 0.29) is 38.6 Å². The number of nitrogens with two attached hydrogens (primary N) is 1. The van der Waals surface area contributed by atoms with Crippen LogP contribution >= 0.6 is 7.82 Å². The van der Waals surface area contributed by atoms with Gasteiger partial charge in [0.25, 0.3) is 0 Å². The Balaban J connectivity index is 3.94. The molecule has 0 aliphatic rings. The number of unbranched alkanes of at least 4 members (excludes halogenated alkanes) is 23. The number of rotatable bonds is 70. The molecule has 0 aromatic rings. The zero-order valence-corrected chi connectivity index (χ0v) is 62.4. The standard InChI is InChI=1S/C87H140NO8P/c1-3-5-7-9-11-13-15-17-19-21-23-25-27-29-31-33-35-37-39-40-41-42-43-44-46-48-50-52-54-56-58-60-62-64-66-68-70-72-74-76-78-80-87(90)96-85(84-95-97(91,92)94-82-81-88)83-93-86(89)79-77-75-73-71-69-67-65-63-61-59-57-55-53-51-49-47-45-38-36-34-32-30-28-26-24-22-20-18-16-14-12-10-8-6-4-2/h5-8,11-14,17-20,23-26,29-32,35-38,40-41,43-44,47-50,54,56,85H,3-4,9-10,15-16,21-22,27-28,33-34,39,42,45-46,51-53,55,57-84,88H2,1-2H3,(H,91,92)/b7-5-,8-6-,13-11-,14-12-,19-17-,20-18-,25-23-,26-24-,31-29-,32-30-,37-35-,38-36-,41-40-,44-43-,49-47-,50-48-,56-54-. The minimum Gasteiger partial charge on any atom is -0.462 e. The van der Waals surface area contributed by atoms with Crippen LogP contribution in [0.1, 0.15) is 296 Å². The van der Waals surface area contributed by atoms with Crippen LogP contribution in [0.5, 0.6) is 0 Å². The van der Waals surface area contributed by atoms with E-state index >= 15 is 0 Å². The van der Waals surface area contributed by atoms with Crippen LogP contribution in [-0.2, 0) is 32.7 Å². The average molecular weight is 1360 g/mol. The van der Waals surface area contributed by atoms with Crippen molar-refractivity contribution in [1.82, 2.24) is 0 Å². The Hall–Kier alpha value is -5.41. The van der Waals surface area contributed by atoms with Crippen LogP contribution < -0.4 is 5.73 Å². The monoisotopic (exact) mass is 1360 g/mol. The molecule has 2 atom stereocenters. The Morgan fingerprint density at radius 3 is 0.794 bits per heavy atom. The third kappa shape index (κ3) is 79.5. The smallest absolute Gasteiger partial charge is 0.462 e. The van der Waals surface area contributed by atoms with Gasteiger partial charge in [-0.1, -0.05) is 342 Å². The van der Waals surface area contributed by atoms with Crippen LogP contribution in [0.4, 0.5) is 0 Å². The summed E-state index contributed by atoms with van der Waals surface area (Å²) in [5, 5.41) is 0. The number of phosphoric acid groups is 1. The van der Waals surface area contributed by atoms with E-state index in [0.717, 1.165) is 161 Å². The van der Waals surface area contributed by atoms with Crippen LogP contribution in [-0.4, -0.2) is 49.3 Å². The highest BCUT2D eigenvalue weighted by Gasteiger charge is 2.26. The molecule has 0 bridgehead atoms. The number of esters is 2. The Labute approximate surface area is 595 Å². The van der Waals surface area contributed by atoms with Gasteiger partial charge in [0.15, 0.2) is 6.10 Å². The van der Waals surface area contributed by atoms with E-state index in [9.17, 15) is 19.0 Å². The number of allylic oxidation sites excluding steroid dienone is 34. The largest absolute Gasteiger partial charge is 0.472 e. The number of carbonyl (C=O) groups is 2. The van der Waals surface area contributed by atoms with E-state index in [2.05, 4.69) is 220 Å². The first-order valence-corrected chi connectivity index (χ1v) is 40.1. The van der Waals surface area contributed by atoms with Crippen LogP contribution in [0.15, 0.2) is 207 Å². The molecule has 0 aliphatic heterocycles. The van der Waals surface area contributed by atoms with E-state index in [1.54, 1.807) is 0 Å². The van der Waals surface area contributed by atoms with E-state index in [1.165, 1.54) is 103 Å². The van der Waals surface area contributed by atoms with Crippen molar-refractivity contribution in [2.24, 2.45) is 5.73 Å². The molecule has 546 valence electrons. The zero-order valence-electron chi connectivity index (χ0n) is 61.5. The van der Waals surface area contributed by atoms with Gasteiger partial charge in [-0.25, -0.2) is 4.57 Å². The van der Waals surface area contributed by atoms with Gasteiger partial charge >= 0.3 is 19.8 Å². The lowest BCUT2D eigenvalue weighted by Crippen LogP contribution is -2.29. The fourth-order valence-electron chi connectivity index (χ4n) is 10.1. The summed E-state index contributed by atoms with van der Waals surface area (Å²) in [4.78, 5) is 35.5. The lowest BCUT2D eigenvalue weighted by Gasteiger charge is -2.19.